The maximum atomic E-state index is 11.8. The minimum absolute atomic E-state index is 0. The normalized spacial score (nSPS) is 17.2. The van der Waals surface area contributed by atoms with E-state index in [1.54, 1.807) is 12.1 Å². The quantitative estimate of drug-likeness (QED) is 0.658. The van der Waals surface area contributed by atoms with Gasteiger partial charge in [0.1, 0.15) is 0 Å². The molecule has 0 aliphatic carbocycles. The lowest BCUT2D eigenvalue weighted by atomic mass is 10.2. The summed E-state index contributed by atoms with van der Waals surface area (Å²) in [5, 5.41) is 8.78. The predicted molar refractivity (Wildman–Crippen MR) is 86.3 cm³/mol. The summed E-state index contributed by atoms with van der Waals surface area (Å²) in [4.78, 5) is 23.5. The highest BCUT2D eigenvalue weighted by Crippen LogP contribution is 1.98. The van der Waals surface area contributed by atoms with E-state index in [9.17, 15) is 9.59 Å². The first-order valence-electron chi connectivity index (χ1n) is 7.17. The second-order valence-corrected chi connectivity index (χ2v) is 4.90. The van der Waals surface area contributed by atoms with Gasteiger partial charge in [0.2, 0.25) is 5.91 Å². The van der Waals surface area contributed by atoms with Crippen molar-refractivity contribution in [1.82, 2.24) is 16.0 Å². The van der Waals surface area contributed by atoms with E-state index < -0.39 is 0 Å². The molecule has 22 heavy (non-hydrogen) atoms. The molecule has 0 bridgehead atoms. The molecule has 6 nitrogen and oxygen atoms in total. The summed E-state index contributed by atoms with van der Waals surface area (Å²) in [5.74, 6) is -0.167. The second-order valence-electron chi connectivity index (χ2n) is 4.90. The van der Waals surface area contributed by atoms with E-state index in [0.29, 0.717) is 38.3 Å². The maximum Gasteiger partial charge on any atom is 0.251 e. The molecule has 7 heteroatoms. The first-order chi connectivity index (χ1) is 10.3. The Balaban J connectivity index is 0.00000242. The smallest absolute Gasteiger partial charge is 0.251 e. The summed E-state index contributed by atoms with van der Waals surface area (Å²) >= 11 is 0. The molecule has 0 spiro atoms. The third kappa shape index (κ3) is 6.43. The average molecular weight is 328 g/mol. The molecule has 0 radical (unpaired) electrons. The van der Waals surface area contributed by atoms with Gasteiger partial charge in [-0.1, -0.05) is 18.2 Å². The van der Waals surface area contributed by atoms with Crippen molar-refractivity contribution < 1.29 is 14.3 Å². The third-order valence-corrected chi connectivity index (χ3v) is 3.20. The van der Waals surface area contributed by atoms with Crippen molar-refractivity contribution in [2.24, 2.45) is 0 Å². The van der Waals surface area contributed by atoms with Crippen molar-refractivity contribution in [3.8, 4) is 0 Å². The van der Waals surface area contributed by atoms with Gasteiger partial charge in [-0.25, -0.2) is 0 Å². The van der Waals surface area contributed by atoms with Gasteiger partial charge >= 0.3 is 0 Å². The Kier molecular flexibility index (Phi) is 8.50. The number of halogens is 1. The molecular formula is C15H22ClN3O3. The number of nitrogens with one attached hydrogen (secondary N) is 3. The van der Waals surface area contributed by atoms with Crippen molar-refractivity contribution in [2.75, 3.05) is 32.8 Å². The third-order valence-electron chi connectivity index (χ3n) is 3.20. The summed E-state index contributed by atoms with van der Waals surface area (Å²) < 4.78 is 5.29. The Morgan fingerprint density at radius 3 is 2.59 bits per heavy atom. The molecule has 1 saturated heterocycles. The molecule has 1 fully saturated rings. The Bertz CT molecular complexity index is 464. The SMILES string of the molecule is Cl.O=C(CC1COCCN1)NCCNC(=O)c1ccccc1. The number of hydrogen-bond acceptors (Lipinski definition) is 4. The Morgan fingerprint density at radius 2 is 1.91 bits per heavy atom. The highest BCUT2D eigenvalue weighted by Gasteiger charge is 2.16. The number of carbonyl (C=O) groups is 2. The van der Waals surface area contributed by atoms with Gasteiger partial charge in [0.05, 0.1) is 13.2 Å². The first-order valence-corrected chi connectivity index (χ1v) is 7.17. The van der Waals surface area contributed by atoms with E-state index >= 15 is 0 Å². The van der Waals surface area contributed by atoms with E-state index in [0.717, 1.165) is 6.54 Å². The average Bonchev–Trinajstić information content (AvgIpc) is 2.53. The zero-order valence-corrected chi connectivity index (χ0v) is 13.2. The van der Waals surface area contributed by atoms with E-state index in [4.69, 9.17) is 4.74 Å². The van der Waals surface area contributed by atoms with Gasteiger partial charge in [-0.2, -0.15) is 0 Å². The largest absolute Gasteiger partial charge is 0.378 e. The molecule has 1 heterocycles. The molecule has 0 aromatic heterocycles. The molecule has 122 valence electrons. The van der Waals surface area contributed by atoms with E-state index in [2.05, 4.69) is 16.0 Å². The molecule has 0 saturated carbocycles. The molecule has 1 aliphatic heterocycles. The number of amides is 2. The summed E-state index contributed by atoms with van der Waals surface area (Å²) in [6, 6.07) is 9.08. The Hall–Kier alpha value is -1.63. The number of rotatable bonds is 6. The molecule has 1 aromatic rings. The zero-order chi connectivity index (χ0) is 14.9. The topological polar surface area (TPSA) is 79.5 Å². The van der Waals surface area contributed by atoms with Crippen LogP contribution in [0.2, 0.25) is 0 Å². The van der Waals surface area contributed by atoms with Crippen molar-refractivity contribution in [1.29, 1.82) is 0 Å². The highest BCUT2D eigenvalue weighted by molar-refractivity contribution is 5.94. The van der Waals surface area contributed by atoms with Gasteiger partial charge in [-0.05, 0) is 12.1 Å². The van der Waals surface area contributed by atoms with Crippen LogP contribution >= 0.6 is 12.4 Å². The maximum absolute atomic E-state index is 11.8. The van der Waals surface area contributed by atoms with Crippen LogP contribution < -0.4 is 16.0 Å². The summed E-state index contributed by atoms with van der Waals surface area (Å²) in [7, 11) is 0. The van der Waals surface area contributed by atoms with Crippen molar-refractivity contribution >= 4 is 24.2 Å². The van der Waals surface area contributed by atoms with Crippen LogP contribution in [0.4, 0.5) is 0 Å². The minimum atomic E-state index is -0.132. The highest BCUT2D eigenvalue weighted by atomic mass is 35.5. The molecule has 1 atom stereocenters. The lowest BCUT2D eigenvalue weighted by Gasteiger charge is -2.23. The van der Waals surface area contributed by atoms with Crippen molar-refractivity contribution in [3.05, 3.63) is 35.9 Å². The standard InChI is InChI=1S/C15H21N3O3.ClH/c19-14(10-13-11-21-9-8-16-13)17-6-7-18-15(20)12-4-2-1-3-5-12;/h1-5,13,16H,6-11H2,(H,17,19)(H,18,20);1H. The van der Waals surface area contributed by atoms with Crippen LogP contribution in [0.25, 0.3) is 0 Å². The number of ether oxygens (including phenoxy) is 1. The van der Waals surface area contributed by atoms with Gasteiger partial charge in [0, 0.05) is 37.7 Å². The van der Waals surface area contributed by atoms with Crippen LogP contribution in [0.15, 0.2) is 30.3 Å². The zero-order valence-electron chi connectivity index (χ0n) is 12.3. The van der Waals surface area contributed by atoms with Gasteiger partial charge in [-0.3, -0.25) is 9.59 Å². The summed E-state index contributed by atoms with van der Waals surface area (Å²) in [5.41, 5.74) is 0.618. The number of carbonyl (C=O) groups excluding carboxylic acids is 2. The first kappa shape index (κ1) is 18.4. The molecule has 2 amide bonds. The van der Waals surface area contributed by atoms with Crippen molar-refractivity contribution in [3.63, 3.8) is 0 Å². The van der Waals surface area contributed by atoms with Gasteiger partial charge in [0.15, 0.2) is 0 Å². The monoisotopic (exact) mass is 327 g/mol. The summed E-state index contributed by atoms with van der Waals surface area (Å²) in [6.07, 6.45) is 0.395. The molecule has 1 aliphatic rings. The van der Waals surface area contributed by atoms with Crippen LogP contribution in [-0.4, -0.2) is 50.7 Å². The number of hydrogen-bond donors (Lipinski definition) is 3. The van der Waals surface area contributed by atoms with Crippen LogP contribution in [0, 0.1) is 0 Å². The van der Waals surface area contributed by atoms with E-state index in [1.807, 2.05) is 18.2 Å². The fourth-order valence-corrected chi connectivity index (χ4v) is 2.12. The fraction of sp³-hybridized carbons (Fsp3) is 0.467. The molecular weight excluding hydrogens is 306 g/mol. The van der Waals surface area contributed by atoms with E-state index in [1.165, 1.54) is 0 Å². The fourth-order valence-electron chi connectivity index (χ4n) is 2.12. The second kappa shape index (κ2) is 10.2. The van der Waals surface area contributed by atoms with Gasteiger partial charge < -0.3 is 20.7 Å². The van der Waals surface area contributed by atoms with Crippen LogP contribution in [0.1, 0.15) is 16.8 Å². The lowest BCUT2D eigenvalue weighted by molar-refractivity contribution is -0.122. The number of morpholine rings is 1. The number of benzene rings is 1. The van der Waals surface area contributed by atoms with Crippen molar-refractivity contribution in [2.45, 2.75) is 12.5 Å². The Morgan fingerprint density at radius 1 is 1.18 bits per heavy atom. The predicted octanol–water partition coefficient (Wildman–Crippen LogP) is 0.333. The summed E-state index contributed by atoms with van der Waals surface area (Å²) in [6.45, 7) is 2.88. The lowest BCUT2D eigenvalue weighted by Crippen LogP contribution is -2.45. The van der Waals surface area contributed by atoms with Crippen LogP contribution in [0.5, 0.6) is 0 Å². The minimum Gasteiger partial charge on any atom is -0.378 e. The van der Waals surface area contributed by atoms with E-state index in [-0.39, 0.29) is 30.3 Å². The molecule has 3 N–H and O–H groups in total. The molecule has 2 rings (SSSR count). The molecule has 1 aromatic carbocycles. The van der Waals surface area contributed by atoms with Crippen LogP contribution in [-0.2, 0) is 9.53 Å². The van der Waals surface area contributed by atoms with Crippen LogP contribution in [0.3, 0.4) is 0 Å². The molecule has 1 unspecified atom stereocenters. The Labute approximate surface area is 136 Å². The van der Waals surface area contributed by atoms with Gasteiger partial charge in [0.25, 0.3) is 5.91 Å². The van der Waals surface area contributed by atoms with Gasteiger partial charge in [-0.15, -0.1) is 12.4 Å².